The minimum atomic E-state index is -0.326. The third-order valence-electron chi connectivity index (χ3n) is 12.8. The molecule has 0 aromatic rings. The maximum atomic E-state index is 7.99. The second kappa shape index (κ2) is 17.2. The Morgan fingerprint density at radius 3 is 2.20 bits per heavy atom. The number of hydrogen-bond donors (Lipinski definition) is 5. The molecule has 0 spiro atoms. The van der Waals surface area contributed by atoms with Crippen LogP contribution >= 0.6 is 22.6 Å². The van der Waals surface area contributed by atoms with E-state index >= 15 is 0 Å². The van der Waals surface area contributed by atoms with Crippen molar-refractivity contribution >= 4 is 22.6 Å². The highest BCUT2D eigenvalue weighted by molar-refractivity contribution is 14.1. The molecule has 4 rings (SSSR count). The molecule has 4 saturated carbocycles. The van der Waals surface area contributed by atoms with Gasteiger partial charge in [-0.05, 0) is 139 Å². The summed E-state index contributed by atoms with van der Waals surface area (Å²) >= 11 is 2.77. The van der Waals surface area contributed by atoms with Crippen LogP contribution in [0, 0.1) is 34.5 Å². The van der Waals surface area contributed by atoms with Gasteiger partial charge in [0.25, 0.3) is 0 Å². The van der Waals surface area contributed by atoms with Gasteiger partial charge in [0, 0.05) is 40.6 Å². The highest BCUT2D eigenvalue weighted by Crippen LogP contribution is 2.70. The Balaban J connectivity index is 1.64. The lowest BCUT2D eigenvalue weighted by molar-refractivity contribution is -0.232. The van der Waals surface area contributed by atoms with Gasteiger partial charge in [-0.1, -0.05) is 43.4 Å². The molecule has 0 bridgehead atoms. The second-order valence-corrected chi connectivity index (χ2v) is 16.7. The van der Waals surface area contributed by atoms with E-state index in [0.29, 0.717) is 53.3 Å². The van der Waals surface area contributed by atoms with Crippen LogP contribution in [-0.4, -0.2) is 80.3 Å². The number of rotatable bonds is 19. The molecule has 0 radical (unpaired) electrons. The van der Waals surface area contributed by atoms with E-state index in [1.807, 2.05) is 0 Å². The van der Waals surface area contributed by atoms with E-state index in [-0.39, 0.29) is 28.6 Å². The van der Waals surface area contributed by atoms with Gasteiger partial charge in [-0.3, -0.25) is 0 Å². The van der Waals surface area contributed by atoms with E-state index in [0.717, 1.165) is 84.3 Å². The summed E-state index contributed by atoms with van der Waals surface area (Å²) in [5.74, 6) is 1.89. The molecule has 0 aromatic heterocycles. The topological polar surface area (TPSA) is 144 Å². The third kappa shape index (κ3) is 7.66. The molecular weight excluding hydrogens is 665 g/mol. The fourth-order valence-electron chi connectivity index (χ4n) is 10.3. The highest BCUT2D eigenvalue weighted by atomic mass is 127. The van der Waals surface area contributed by atoms with Crippen molar-refractivity contribution in [2.75, 3.05) is 52.5 Å². The van der Waals surface area contributed by atoms with Gasteiger partial charge in [0.15, 0.2) is 0 Å². The molecule has 258 valence electrons. The fraction of sp³-hybridized carbons (Fsp3) is 1.00. The van der Waals surface area contributed by atoms with Crippen molar-refractivity contribution in [3.8, 4) is 0 Å². The van der Waals surface area contributed by atoms with Gasteiger partial charge in [0.1, 0.15) is 0 Å². The zero-order valence-corrected chi connectivity index (χ0v) is 30.5. The molecule has 0 saturated heterocycles. The summed E-state index contributed by atoms with van der Waals surface area (Å²) in [5, 5.41) is 3.61. The molecule has 0 amide bonds. The third-order valence-corrected chi connectivity index (χ3v) is 14.3. The van der Waals surface area contributed by atoms with Crippen molar-refractivity contribution in [2.45, 2.75) is 132 Å². The number of hydrogen-bond acceptors (Lipinski definition) is 8. The maximum Gasteiger partial charge on any atom is 0.0652 e. The Kier molecular flexibility index (Phi) is 14.5. The molecule has 9 N–H and O–H groups in total. The lowest BCUT2D eigenvalue weighted by atomic mass is 9.41. The summed E-state index contributed by atoms with van der Waals surface area (Å²) in [6.07, 6.45) is 14.8. The van der Waals surface area contributed by atoms with Gasteiger partial charge in [0.05, 0.1) is 18.3 Å². The molecule has 11 atom stereocenters. The molecular formula is C35H68IN5O3. The van der Waals surface area contributed by atoms with E-state index in [2.05, 4.69) is 48.7 Å². The van der Waals surface area contributed by atoms with Gasteiger partial charge < -0.3 is 42.5 Å². The molecule has 0 heterocycles. The SMILES string of the molecule is CCCNCCC[C@@H](I)[C@H]1CC[C@@]2(N)C3[C@@H](C[C@H](OCCCN)[C@]12C)C1(C)CC[C@@H](OCCCN)CC1C[C@H]3OCCCN. The lowest BCUT2D eigenvalue weighted by Gasteiger charge is -2.68. The second-order valence-electron chi connectivity index (χ2n) is 15.1. The Bertz CT molecular complexity index is 857. The van der Waals surface area contributed by atoms with Crippen molar-refractivity contribution in [1.82, 2.24) is 5.32 Å². The first-order valence-corrected chi connectivity index (χ1v) is 19.5. The number of fused-ring (bicyclic) bond motifs is 5. The van der Waals surface area contributed by atoms with Crippen molar-refractivity contribution in [3.63, 3.8) is 0 Å². The molecule has 4 aliphatic carbocycles. The summed E-state index contributed by atoms with van der Waals surface area (Å²) in [5.41, 5.74) is 25.5. The summed E-state index contributed by atoms with van der Waals surface area (Å²) in [6.45, 7) is 13.7. The average Bonchev–Trinajstić information content (AvgIpc) is 3.29. The summed E-state index contributed by atoms with van der Waals surface area (Å²) in [7, 11) is 0. The lowest BCUT2D eigenvalue weighted by Crippen LogP contribution is -2.74. The van der Waals surface area contributed by atoms with E-state index in [1.54, 1.807) is 0 Å². The number of nitrogens with one attached hydrogen (secondary N) is 1. The molecule has 8 nitrogen and oxygen atoms in total. The number of nitrogens with two attached hydrogens (primary N) is 4. The summed E-state index contributed by atoms with van der Waals surface area (Å²) < 4.78 is 20.8. The zero-order chi connectivity index (χ0) is 31.8. The smallest absolute Gasteiger partial charge is 0.0652 e. The van der Waals surface area contributed by atoms with Gasteiger partial charge in [-0.25, -0.2) is 0 Å². The molecule has 3 unspecified atom stereocenters. The normalized spacial score (nSPS) is 40.8. The Hall–Kier alpha value is 0.410. The van der Waals surface area contributed by atoms with E-state index in [9.17, 15) is 0 Å². The largest absolute Gasteiger partial charge is 0.378 e. The van der Waals surface area contributed by atoms with Crippen LogP contribution in [0.25, 0.3) is 0 Å². The first-order chi connectivity index (χ1) is 21.2. The molecule has 4 aliphatic rings. The minimum absolute atomic E-state index is 0.104. The van der Waals surface area contributed by atoms with E-state index in [1.165, 1.54) is 32.1 Å². The Labute approximate surface area is 283 Å². The fourth-order valence-corrected chi connectivity index (χ4v) is 11.8. The monoisotopic (exact) mass is 733 g/mol. The van der Waals surface area contributed by atoms with Crippen LogP contribution in [0.3, 0.4) is 0 Å². The molecule has 9 heteroatoms. The van der Waals surface area contributed by atoms with Crippen LogP contribution in [0.2, 0.25) is 0 Å². The van der Waals surface area contributed by atoms with Crippen LogP contribution in [0.1, 0.15) is 104 Å². The van der Waals surface area contributed by atoms with Crippen molar-refractivity contribution in [2.24, 2.45) is 57.4 Å². The van der Waals surface area contributed by atoms with Crippen molar-refractivity contribution in [3.05, 3.63) is 0 Å². The van der Waals surface area contributed by atoms with Crippen LogP contribution in [0.5, 0.6) is 0 Å². The van der Waals surface area contributed by atoms with Crippen LogP contribution < -0.4 is 28.3 Å². The average molecular weight is 734 g/mol. The first-order valence-electron chi connectivity index (χ1n) is 18.3. The van der Waals surface area contributed by atoms with E-state index < -0.39 is 0 Å². The van der Waals surface area contributed by atoms with Crippen LogP contribution in [0.4, 0.5) is 0 Å². The summed E-state index contributed by atoms with van der Waals surface area (Å²) in [6, 6.07) is 0. The summed E-state index contributed by atoms with van der Waals surface area (Å²) in [4.78, 5) is 0. The first kappa shape index (κ1) is 37.2. The number of ether oxygens (including phenoxy) is 3. The molecule has 0 aromatic carbocycles. The molecule has 0 aliphatic heterocycles. The number of halogens is 1. The van der Waals surface area contributed by atoms with Gasteiger partial charge in [-0.15, -0.1) is 0 Å². The van der Waals surface area contributed by atoms with Gasteiger partial charge in [0.2, 0.25) is 0 Å². The van der Waals surface area contributed by atoms with E-state index in [4.69, 9.17) is 37.1 Å². The Morgan fingerprint density at radius 2 is 1.52 bits per heavy atom. The quantitative estimate of drug-likeness (QED) is 0.0729. The van der Waals surface area contributed by atoms with Crippen LogP contribution in [-0.2, 0) is 14.2 Å². The Morgan fingerprint density at radius 1 is 0.841 bits per heavy atom. The highest BCUT2D eigenvalue weighted by Gasteiger charge is 2.72. The molecule has 44 heavy (non-hydrogen) atoms. The van der Waals surface area contributed by atoms with Crippen molar-refractivity contribution < 1.29 is 14.2 Å². The predicted octanol–water partition coefficient (Wildman–Crippen LogP) is 4.73. The van der Waals surface area contributed by atoms with Gasteiger partial charge >= 0.3 is 0 Å². The zero-order valence-electron chi connectivity index (χ0n) is 28.4. The van der Waals surface area contributed by atoms with Gasteiger partial charge in [-0.2, -0.15) is 0 Å². The molecule has 4 fully saturated rings. The standard InChI is InChI=1S/C35H68IN5O3/c1-4-17-41-18-5-9-29(36)27-11-13-35(40)32-28(24-31(34(27,35)3)44-21-8-16-39)33(2)12-10-26(42-19-6-14-37)22-25(33)23-30(32)43-20-7-15-38/h25-32,41H,4-24,37-40H2,1-3H3/t25?,26-,27-,28-,29-,30-,31+,32?,33?,34+,35-/m1/s1. The maximum absolute atomic E-state index is 7.99. The minimum Gasteiger partial charge on any atom is -0.378 e. The number of alkyl halides is 1. The predicted molar refractivity (Wildman–Crippen MR) is 190 cm³/mol. The van der Waals surface area contributed by atoms with Crippen molar-refractivity contribution in [1.29, 1.82) is 0 Å². The van der Waals surface area contributed by atoms with Crippen LogP contribution in [0.15, 0.2) is 0 Å².